The van der Waals surface area contributed by atoms with Crippen LogP contribution in [0.1, 0.15) is 19.8 Å². The van der Waals surface area contributed by atoms with Crippen LogP contribution < -0.4 is 10.6 Å². The molecule has 0 aromatic carbocycles. The molecule has 0 aromatic heterocycles. The largest absolute Gasteiger partial charge is 0.329 e. The number of rotatable bonds is 6. The topological polar surface area (TPSA) is 64.7 Å². The Morgan fingerprint density at radius 2 is 2.28 bits per heavy atom. The van der Waals surface area contributed by atoms with Gasteiger partial charge in [0.15, 0.2) is 0 Å². The van der Waals surface area contributed by atoms with Crippen LogP contribution in [0.4, 0.5) is 4.79 Å². The van der Waals surface area contributed by atoms with Crippen LogP contribution in [0.5, 0.6) is 0 Å². The standard InChI is InChI=1S/C12H22N4O2/c1-2-15(9-10-4-3-5-13-10)6-7-16-11(17)8-14-12(16)18/h10,13H,2-9H2,1H3,(H,14,18). The van der Waals surface area contributed by atoms with Gasteiger partial charge in [-0.15, -0.1) is 0 Å². The van der Waals surface area contributed by atoms with E-state index < -0.39 is 0 Å². The van der Waals surface area contributed by atoms with Gasteiger partial charge >= 0.3 is 6.03 Å². The Bertz CT molecular complexity index is 299. The SMILES string of the molecule is CCN(CCN1C(=O)CNC1=O)CC1CCCN1. The molecule has 2 N–H and O–H groups in total. The first-order chi connectivity index (χ1) is 8.70. The quantitative estimate of drug-likeness (QED) is 0.634. The highest BCUT2D eigenvalue weighted by molar-refractivity contribution is 6.01. The van der Waals surface area contributed by atoms with Crippen LogP contribution in [0.2, 0.25) is 0 Å². The summed E-state index contributed by atoms with van der Waals surface area (Å²) >= 11 is 0. The van der Waals surface area contributed by atoms with Gasteiger partial charge in [-0.25, -0.2) is 4.79 Å². The summed E-state index contributed by atoms with van der Waals surface area (Å²) < 4.78 is 0. The van der Waals surface area contributed by atoms with Crippen molar-refractivity contribution in [2.45, 2.75) is 25.8 Å². The third-order valence-corrected chi connectivity index (χ3v) is 3.67. The molecule has 102 valence electrons. The third-order valence-electron chi connectivity index (χ3n) is 3.67. The molecule has 0 aromatic rings. The van der Waals surface area contributed by atoms with Crippen LogP contribution in [-0.2, 0) is 4.79 Å². The maximum Gasteiger partial charge on any atom is 0.324 e. The molecule has 0 spiro atoms. The van der Waals surface area contributed by atoms with Gasteiger partial charge in [0.05, 0.1) is 6.54 Å². The lowest BCUT2D eigenvalue weighted by Gasteiger charge is -2.25. The van der Waals surface area contributed by atoms with Crippen LogP contribution in [0.15, 0.2) is 0 Å². The van der Waals surface area contributed by atoms with Crippen LogP contribution in [0.25, 0.3) is 0 Å². The highest BCUT2D eigenvalue weighted by atomic mass is 16.2. The molecule has 0 bridgehead atoms. The molecule has 1 unspecified atom stereocenters. The first kappa shape index (κ1) is 13.3. The summed E-state index contributed by atoms with van der Waals surface area (Å²) in [7, 11) is 0. The first-order valence-electron chi connectivity index (χ1n) is 6.74. The van der Waals surface area contributed by atoms with Gasteiger partial charge in [0.1, 0.15) is 0 Å². The average molecular weight is 254 g/mol. The summed E-state index contributed by atoms with van der Waals surface area (Å²) in [4.78, 5) is 26.4. The van der Waals surface area contributed by atoms with Crippen molar-refractivity contribution in [1.29, 1.82) is 0 Å². The molecule has 2 rings (SSSR count). The maximum atomic E-state index is 11.4. The number of carbonyl (C=O) groups is 2. The zero-order valence-electron chi connectivity index (χ0n) is 10.9. The molecule has 0 aliphatic carbocycles. The number of imide groups is 1. The van der Waals surface area contributed by atoms with E-state index in [0.29, 0.717) is 12.6 Å². The molecule has 2 heterocycles. The second-order valence-electron chi connectivity index (χ2n) is 4.89. The van der Waals surface area contributed by atoms with Crippen LogP contribution in [0.3, 0.4) is 0 Å². The normalized spacial score (nSPS) is 24.1. The molecular weight excluding hydrogens is 232 g/mol. The lowest BCUT2D eigenvalue weighted by atomic mass is 10.2. The number of likely N-dealkylation sites (N-methyl/N-ethyl adjacent to an activating group) is 1. The first-order valence-corrected chi connectivity index (χ1v) is 6.74. The lowest BCUT2D eigenvalue weighted by molar-refractivity contribution is -0.125. The highest BCUT2D eigenvalue weighted by Gasteiger charge is 2.28. The molecular formula is C12H22N4O2. The number of hydrogen-bond acceptors (Lipinski definition) is 4. The molecule has 1 atom stereocenters. The minimum Gasteiger partial charge on any atom is -0.329 e. The Balaban J connectivity index is 1.75. The number of urea groups is 1. The third kappa shape index (κ3) is 3.20. The molecule has 3 amide bonds. The summed E-state index contributed by atoms with van der Waals surface area (Å²) in [6.45, 7) is 6.56. The fourth-order valence-corrected chi connectivity index (χ4v) is 2.53. The van der Waals surface area contributed by atoms with E-state index in [1.807, 2.05) is 0 Å². The van der Waals surface area contributed by atoms with Gasteiger partial charge in [-0.1, -0.05) is 6.92 Å². The fraction of sp³-hybridized carbons (Fsp3) is 0.833. The Labute approximate surface area is 108 Å². The van der Waals surface area contributed by atoms with E-state index in [0.717, 1.165) is 26.2 Å². The molecule has 6 nitrogen and oxygen atoms in total. The van der Waals surface area contributed by atoms with Crippen molar-refractivity contribution in [3.63, 3.8) is 0 Å². The van der Waals surface area contributed by atoms with Crippen LogP contribution in [-0.4, -0.2) is 67.0 Å². The van der Waals surface area contributed by atoms with E-state index in [-0.39, 0.29) is 18.5 Å². The summed E-state index contributed by atoms with van der Waals surface area (Å²) in [5.74, 6) is -0.116. The van der Waals surface area contributed by atoms with Gasteiger partial charge in [-0.05, 0) is 25.9 Å². The molecule has 2 fully saturated rings. The van der Waals surface area contributed by atoms with Crippen LogP contribution in [0, 0.1) is 0 Å². The monoisotopic (exact) mass is 254 g/mol. The Hall–Kier alpha value is -1.14. The van der Waals surface area contributed by atoms with E-state index in [9.17, 15) is 9.59 Å². The average Bonchev–Trinajstić information content (AvgIpc) is 2.97. The zero-order chi connectivity index (χ0) is 13.0. The Morgan fingerprint density at radius 3 is 2.83 bits per heavy atom. The van der Waals surface area contributed by atoms with E-state index in [1.165, 1.54) is 17.7 Å². The minimum atomic E-state index is -0.255. The number of nitrogens with zero attached hydrogens (tertiary/aromatic N) is 2. The number of carbonyl (C=O) groups excluding carboxylic acids is 2. The summed E-state index contributed by atoms with van der Waals surface area (Å²) in [5, 5.41) is 6.01. The second kappa shape index (κ2) is 6.15. The second-order valence-corrected chi connectivity index (χ2v) is 4.89. The summed E-state index contributed by atoms with van der Waals surface area (Å²) in [5.41, 5.74) is 0. The fourth-order valence-electron chi connectivity index (χ4n) is 2.53. The van der Waals surface area contributed by atoms with E-state index in [2.05, 4.69) is 22.5 Å². The van der Waals surface area contributed by atoms with Crippen molar-refractivity contribution in [2.24, 2.45) is 0 Å². The Morgan fingerprint density at radius 1 is 1.44 bits per heavy atom. The molecule has 2 aliphatic rings. The van der Waals surface area contributed by atoms with Crippen molar-refractivity contribution < 1.29 is 9.59 Å². The number of hydrogen-bond donors (Lipinski definition) is 2. The number of nitrogens with one attached hydrogen (secondary N) is 2. The van der Waals surface area contributed by atoms with Crippen molar-refractivity contribution in [1.82, 2.24) is 20.4 Å². The van der Waals surface area contributed by atoms with Gasteiger partial charge in [0, 0.05) is 25.7 Å². The summed E-state index contributed by atoms with van der Waals surface area (Å²) in [6, 6.07) is 0.308. The minimum absolute atomic E-state index is 0.116. The maximum absolute atomic E-state index is 11.4. The van der Waals surface area contributed by atoms with Crippen molar-refractivity contribution >= 4 is 11.9 Å². The smallest absolute Gasteiger partial charge is 0.324 e. The van der Waals surface area contributed by atoms with Gasteiger partial charge in [-0.3, -0.25) is 9.69 Å². The molecule has 18 heavy (non-hydrogen) atoms. The van der Waals surface area contributed by atoms with Crippen molar-refractivity contribution in [3.8, 4) is 0 Å². The summed E-state index contributed by atoms with van der Waals surface area (Å²) in [6.07, 6.45) is 2.47. The molecule has 0 radical (unpaired) electrons. The van der Waals surface area contributed by atoms with Crippen molar-refractivity contribution in [3.05, 3.63) is 0 Å². The number of amides is 3. The predicted molar refractivity (Wildman–Crippen MR) is 68.3 cm³/mol. The molecule has 6 heteroatoms. The van der Waals surface area contributed by atoms with Crippen LogP contribution >= 0.6 is 0 Å². The van der Waals surface area contributed by atoms with Gasteiger partial charge in [-0.2, -0.15) is 0 Å². The molecule has 2 saturated heterocycles. The van der Waals surface area contributed by atoms with Gasteiger partial charge < -0.3 is 15.5 Å². The van der Waals surface area contributed by atoms with Gasteiger partial charge in [0.25, 0.3) is 0 Å². The predicted octanol–water partition coefficient (Wildman–Crippen LogP) is -0.388. The van der Waals surface area contributed by atoms with E-state index in [4.69, 9.17) is 0 Å². The zero-order valence-corrected chi connectivity index (χ0v) is 10.9. The molecule has 0 saturated carbocycles. The van der Waals surface area contributed by atoms with Crippen molar-refractivity contribution in [2.75, 3.05) is 39.3 Å². The molecule has 2 aliphatic heterocycles. The van der Waals surface area contributed by atoms with E-state index >= 15 is 0 Å². The van der Waals surface area contributed by atoms with E-state index in [1.54, 1.807) is 0 Å². The Kier molecular flexibility index (Phi) is 4.54. The van der Waals surface area contributed by atoms with Gasteiger partial charge in [0.2, 0.25) is 5.91 Å². The lowest BCUT2D eigenvalue weighted by Crippen LogP contribution is -2.43. The highest BCUT2D eigenvalue weighted by Crippen LogP contribution is 2.07.